The molecule has 0 aromatic carbocycles. The van der Waals surface area contributed by atoms with Crippen LogP contribution >= 0.6 is 0 Å². The fraction of sp³-hybridized carbons (Fsp3) is 0.636. The van der Waals surface area contributed by atoms with Crippen molar-refractivity contribution >= 4 is 5.91 Å². The van der Waals surface area contributed by atoms with Crippen LogP contribution in [0.25, 0.3) is 0 Å². The molecule has 0 N–H and O–H groups in total. The van der Waals surface area contributed by atoms with Gasteiger partial charge in [0.2, 0.25) is 0 Å². The van der Waals surface area contributed by atoms with Crippen LogP contribution in [-0.4, -0.2) is 39.6 Å². The van der Waals surface area contributed by atoms with E-state index in [-0.39, 0.29) is 19.0 Å². The molecule has 1 saturated heterocycles. The van der Waals surface area contributed by atoms with Crippen molar-refractivity contribution in [3.63, 3.8) is 0 Å². The van der Waals surface area contributed by atoms with Crippen molar-refractivity contribution in [1.29, 1.82) is 0 Å². The van der Waals surface area contributed by atoms with E-state index < -0.39 is 12.1 Å². The first-order valence-corrected chi connectivity index (χ1v) is 5.70. The number of hydrogen-bond acceptors (Lipinski definition) is 2. The van der Waals surface area contributed by atoms with Crippen LogP contribution in [0.3, 0.4) is 0 Å². The SMILES string of the molecule is Cn1ccnc1CC1CCN(C(=O)C(F)(F)F)C1. The molecular weight excluding hydrogens is 247 g/mol. The van der Waals surface area contributed by atoms with Crippen molar-refractivity contribution < 1.29 is 18.0 Å². The molecule has 18 heavy (non-hydrogen) atoms. The Hall–Kier alpha value is -1.53. The van der Waals surface area contributed by atoms with Crippen molar-refractivity contribution in [2.75, 3.05) is 13.1 Å². The number of hydrogen-bond donors (Lipinski definition) is 0. The van der Waals surface area contributed by atoms with Crippen LogP contribution in [0.1, 0.15) is 12.2 Å². The molecule has 1 aromatic heterocycles. The number of carbonyl (C=O) groups is 1. The number of imidazole rings is 1. The summed E-state index contributed by atoms with van der Waals surface area (Å²) in [6.07, 6.45) is -0.121. The molecule has 1 atom stereocenters. The molecule has 1 fully saturated rings. The maximum Gasteiger partial charge on any atom is 0.471 e. The van der Waals surface area contributed by atoms with Crippen molar-refractivity contribution in [2.24, 2.45) is 13.0 Å². The van der Waals surface area contributed by atoms with E-state index in [9.17, 15) is 18.0 Å². The van der Waals surface area contributed by atoms with Gasteiger partial charge in [-0.2, -0.15) is 13.2 Å². The molecule has 100 valence electrons. The van der Waals surface area contributed by atoms with Gasteiger partial charge in [-0.15, -0.1) is 0 Å². The van der Waals surface area contributed by atoms with Crippen LogP contribution in [0.5, 0.6) is 0 Å². The number of likely N-dealkylation sites (tertiary alicyclic amines) is 1. The maximum atomic E-state index is 12.3. The van der Waals surface area contributed by atoms with Crippen molar-refractivity contribution in [2.45, 2.75) is 19.0 Å². The molecular formula is C11H14F3N3O. The first-order valence-electron chi connectivity index (χ1n) is 5.70. The van der Waals surface area contributed by atoms with E-state index in [1.807, 2.05) is 11.6 Å². The fourth-order valence-corrected chi connectivity index (χ4v) is 2.21. The van der Waals surface area contributed by atoms with Gasteiger partial charge in [-0.1, -0.05) is 0 Å². The standard InChI is InChI=1S/C11H14F3N3O/c1-16-5-3-15-9(16)6-8-2-4-17(7-8)10(18)11(12,13)14/h3,5,8H,2,4,6-7H2,1H3. The minimum absolute atomic E-state index is 0.0531. The predicted octanol–water partition coefficient (Wildman–Crippen LogP) is 1.37. The summed E-state index contributed by atoms with van der Waals surface area (Å²) in [5.41, 5.74) is 0. The topological polar surface area (TPSA) is 38.1 Å². The third-order valence-corrected chi connectivity index (χ3v) is 3.21. The van der Waals surface area contributed by atoms with E-state index in [0.29, 0.717) is 12.8 Å². The second-order valence-corrected chi connectivity index (χ2v) is 4.56. The average molecular weight is 261 g/mol. The lowest BCUT2D eigenvalue weighted by molar-refractivity contribution is -0.184. The normalized spacial score (nSPS) is 20.4. The molecule has 1 unspecified atom stereocenters. The Morgan fingerprint density at radius 3 is 2.83 bits per heavy atom. The summed E-state index contributed by atoms with van der Waals surface area (Å²) in [5, 5.41) is 0. The van der Waals surface area contributed by atoms with Gasteiger partial charge >= 0.3 is 12.1 Å². The minimum Gasteiger partial charge on any atom is -0.338 e. The second kappa shape index (κ2) is 4.62. The third-order valence-electron chi connectivity index (χ3n) is 3.21. The van der Waals surface area contributed by atoms with Crippen LogP contribution in [0.4, 0.5) is 13.2 Å². The molecule has 1 aromatic rings. The Morgan fingerprint density at radius 1 is 1.56 bits per heavy atom. The van der Waals surface area contributed by atoms with Gasteiger partial charge in [0.05, 0.1) is 0 Å². The van der Waals surface area contributed by atoms with Gasteiger partial charge in [-0.05, 0) is 12.3 Å². The van der Waals surface area contributed by atoms with Crippen molar-refractivity contribution in [3.8, 4) is 0 Å². The first kappa shape index (κ1) is 12.9. The Morgan fingerprint density at radius 2 is 2.28 bits per heavy atom. The lowest BCUT2D eigenvalue weighted by Crippen LogP contribution is -2.39. The number of amides is 1. The molecule has 0 saturated carbocycles. The van der Waals surface area contributed by atoms with Crippen LogP contribution < -0.4 is 0 Å². The number of alkyl halides is 3. The molecule has 0 spiro atoms. The highest BCUT2D eigenvalue weighted by atomic mass is 19.4. The number of nitrogens with zero attached hydrogens (tertiary/aromatic N) is 3. The van der Waals surface area contributed by atoms with Crippen molar-refractivity contribution in [1.82, 2.24) is 14.5 Å². The van der Waals surface area contributed by atoms with E-state index >= 15 is 0 Å². The average Bonchev–Trinajstić information content (AvgIpc) is 2.87. The summed E-state index contributed by atoms with van der Waals surface area (Å²) in [4.78, 5) is 16.1. The lowest BCUT2D eigenvalue weighted by Gasteiger charge is -2.17. The van der Waals surface area contributed by atoms with Gasteiger partial charge in [-0.3, -0.25) is 4.79 Å². The van der Waals surface area contributed by atoms with E-state index in [4.69, 9.17) is 0 Å². The zero-order valence-electron chi connectivity index (χ0n) is 9.94. The smallest absolute Gasteiger partial charge is 0.338 e. The first-order chi connectivity index (χ1) is 8.38. The number of rotatable bonds is 2. The molecule has 0 bridgehead atoms. The number of aryl methyl sites for hydroxylation is 1. The Balaban J connectivity index is 1.93. The van der Waals surface area contributed by atoms with Gasteiger partial charge in [0, 0.05) is 39.0 Å². The Labute approximate surface area is 102 Å². The van der Waals surface area contributed by atoms with E-state index in [1.54, 1.807) is 12.4 Å². The molecule has 1 amide bonds. The monoisotopic (exact) mass is 261 g/mol. The summed E-state index contributed by atoms with van der Waals surface area (Å²) in [6, 6.07) is 0. The van der Waals surface area contributed by atoms with E-state index in [0.717, 1.165) is 10.7 Å². The molecule has 4 nitrogen and oxygen atoms in total. The molecule has 0 radical (unpaired) electrons. The number of aromatic nitrogens is 2. The summed E-state index contributed by atoms with van der Waals surface area (Å²) in [7, 11) is 1.84. The van der Waals surface area contributed by atoms with E-state index in [2.05, 4.69) is 4.98 Å². The quantitative estimate of drug-likeness (QED) is 0.806. The zero-order chi connectivity index (χ0) is 13.3. The molecule has 1 aliphatic rings. The molecule has 2 heterocycles. The summed E-state index contributed by atoms with van der Waals surface area (Å²) in [6.45, 7) is 0.332. The lowest BCUT2D eigenvalue weighted by atomic mass is 10.0. The minimum atomic E-state index is -4.77. The van der Waals surface area contributed by atoms with Gasteiger partial charge < -0.3 is 9.47 Å². The van der Waals surface area contributed by atoms with Crippen molar-refractivity contribution in [3.05, 3.63) is 18.2 Å². The largest absolute Gasteiger partial charge is 0.471 e. The third kappa shape index (κ3) is 2.65. The zero-order valence-corrected chi connectivity index (χ0v) is 9.94. The second-order valence-electron chi connectivity index (χ2n) is 4.56. The summed E-state index contributed by atoms with van der Waals surface area (Å²) in [5.74, 6) is -0.844. The van der Waals surface area contributed by atoms with Gasteiger partial charge in [0.25, 0.3) is 0 Å². The van der Waals surface area contributed by atoms with Crippen LogP contribution in [0.2, 0.25) is 0 Å². The van der Waals surface area contributed by atoms with Gasteiger partial charge in [-0.25, -0.2) is 4.98 Å². The number of halogens is 3. The van der Waals surface area contributed by atoms with Crippen LogP contribution in [0, 0.1) is 5.92 Å². The summed E-state index contributed by atoms with van der Waals surface area (Å²) >= 11 is 0. The fourth-order valence-electron chi connectivity index (χ4n) is 2.21. The van der Waals surface area contributed by atoms with Gasteiger partial charge in [0.15, 0.2) is 0 Å². The summed E-state index contributed by atoms with van der Waals surface area (Å²) < 4.78 is 38.6. The number of carbonyl (C=O) groups excluding carboxylic acids is 1. The molecule has 1 aliphatic heterocycles. The van der Waals surface area contributed by atoms with Crippen LogP contribution in [0.15, 0.2) is 12.4 Å². The van der Waals surface area contributed by atoms with Crippen LogP contribution in [-0.2, 0) is 18.3 Å². The molecule has 0 aliphatic carbocycles. The Bertz CT molecular complexity index is 441. The van der Waals surface area contributed by atoms with Gasteiger partial charge in [0.1, 0.15) is 5.82 Å². The predicted molar refractivity (Wildman–Crippen MR) is 57.7 cm³/mol. The van der Waals surface area contributed by atoms with E-state index in [1.165, 1.54) is 0 Å². The Kier molecular flexibility index (Phi) is 3.32. The molecule has 7 heteroatoms. The highest BCUT2D eigenvalue weighted by Crippen LogP contribution is 2.25. The highest BCUT2D eigenvalue weighted by molar-refractivity contribution is 5.82. The molecule has 2 rings (SSSR count). The maximum absolute atomic E-state index is 12.3. The highest BCUT2D eigenvalue weighted by Gasteiger charge is 2.44.